The van der Waals surface area contributed by atoms with Crippen LogP contribution in [0.4, 0.5) is 5.69 Å². The molecule has 0 spiro atoms. The Bertz CT molecular complexity index is 1160. The van der Waals surface area contributed by atoms with E-state index in [0.717, 1.165) is 11.1 Å². The van der Waals surface area contributed by atoms with Crippen LogP contribution in [0.1, 0.15) is 49.5 Å². The van der Waals surface area contributed by atoms with Gasteiger partial charge in [0.15, 0.2) is 6.23 Å². The van der Waals surface area contributed by atoms with E-state index in [9.17, 15) is 19.5 Å². The molecule has 0 aliphatic carbocycles. The number of amides is 2. The van der Waals surface area contributed by atoms with Crippen molar-refractivity contribution in [2.24, 2.45) is 5.92 Å². The summed E-state index contributed by atoms with van der Waals surface area (Å²) in [6.07, 6.45) is 4.12. The van der Waals surface area contributed by atoms with E-state index in [0.29, 0.717) is 18.7 Å². The molecule has 2 amide bonds. The molecule has 0 bridgehead atoms. The van der Waals surface area contributed by atoms with Crippen LogP contribution in [0.15, 0.2) is 60.7 Å². The number of β-lactam (4-membered cyclic amide) rings is 1. The Morgan fingerprint density at radius 2 is 1.81 bits per heavy atom. The van der Waals surface area contributed by atoms with Crippen molar-refractivity contribution in [1.82, 2.24) is 4.90 Å². The highest BCUT2D eigenvalue weighted by atomic mass is 16.6. The summed E-state index contributed by atoms with van der Waals surface area (Å²) in [7, 11) is 1.64. The van der Waals surface area contributed by atoms with Crippen LogP contribution in [-0.4, -0.2) is 53.8 Å². The molecule has 8 heteroatoms. The van der Waals surface area contributed by atoms with Crippen LogP contribution in [0.2, 0.25) is 0 Å². The summed E-state index contributed by atoms with van der Waals surface area (Å²) < 4.78 is 10.9. The van der Waals surface area contributed by atoms with Crippen LogP contribution >= 0.6 is 0 Å². The van der Waals surface area contributed by atoms with Crippen molar-refractivity contribution >= 4 is 23.5 Å². The monoisotopic (exact) mass is 506 g/mol. The molecule has 1 saturated heterocycles. The third-order valence-electron chi connectivity index (χ3n) is 7.06. The van der Waals surface area contributed by atoms with Gasteiger partial charge >= 0.3 is 5.97 Å². The zero-order valence-electron chi connectivity index (χ0n) is 21.5. The minimum Gasteiger partial charge on any atom is -0.441 e. The standard InChI is InChI=1S/C29H34N2O6/c1-19(7-6-10-26(34)30-17-23-9-5-4-8-22(23)15-25(30)18-32)29(36-3)21-11-13-24(14-12-21)31-27(35)16-28(31)37-20(2)33/h4-9,11-14,19,25,28-29,32H,10,15-18H2,1-3H3/b7-6+/t19-,25+,28?,29+/m1/s1. The lowest BCUT2D eigenvalue weighted by atomic mass is 9.93. The zero-order chi connectivity index (χ0) is 26.5. The van der Waals surface area contributed by atoms with Gasteiger partial charge in [-0.15, -0.1) is 0 Å². The number of hydrogen-bond acceptors (Lipinski definition) is 6. The number of anilines is 1. The molecule has 2 aromatic rings. The molecule has 0 radical (unpaired) electrons. The van der Waals surface area contributed by atoms with Crippen molar-refractivity contribution in [3.63, 3.8) is 0 Å². The molecule has 1 fully saturated rings. The predicted molar refractivity (Wildman–Crippen MR) is 138 cm³/mol. The van der Waals surface area contributed by atoms with Crippen molar-refractivity contribution < 1.29 is 29.0 Å². The molecule has 2 heterocycles. The van der Waals surface area contributed by atoms with Crippen molar-refractivity contribution in [2.75, 3.05) is 18.6 Å². The zero-order valence-corrected chi connectivity index (χ0v) is 21.5. The predicted octanol–water partition coefficient (Wildman–Crippen LogP) is 3.53. The molecular weight excluding hydrogens is 472 g/mol. The maximum Gasteiger partial charge on any atom is 0.304 e. The minimum atomic E-state index is -0.563. The molecule has 0 saturated carbocycles. The SMILES string of the molecule is CO[C@H](c1ccc(N2C(=O)CC2OC(C)=O)cc1)[C@H](C)/C=C/CC(=O)N1Cc2ccccc2C[C@H]1CO. The second-order valence-corrected chi connectivity index (χ2v) is 9.60. The maximum absolute atomic E-state index is 13.0. The van der Waals surface area contributed by atoms with E-state index in [4.69, 9.17) is 9.47 Å². The van der Waals surface area contributed by atoms with Crippen molar-refractivity contribution in [2.45, 2.75) is 58.0 Å². The highest BCUT2D eigenvalue weighted by Crippen LogP contribution is 2.32. The van der Waals surface area contributed by atoms with Crippen LogP contribution < -0.4 is 4.90 Å². The molecule has 37 heavy (non-hydrogen) atoms. The van der Waals surface area contributed by atoms with E-state index in [1.807, 2.05) is 61.5 Å². The van der Waals surface area contributed by atoms with Gasteiger partial charge in [-0.3, -0.25) is 19.3 Å². The number of aliphatic hydroxyl groups is 1. The summed E-state index contributed by atoms with van der Waals surface area (Å²) in [5, 5.41) is 9.85. The Kier molecular flexibility index (Phi) is 8.41. The second-order valence-electron chi connectivity index (χ2n) is 9.60. The van der Waals surface area contributed by atoms with Crippen LogP contribution in [0.3, 0.4) is 0 Å². The maximum atomic E-state index is 13.0. The quantitative estimate of drug-likeness (QED) is 0.318. The fourth-order valence-electron chi connectivity index (χ4n) is 5.11. The van der Waals surface area contributed by atoms with Gasteiger partial charge in [0.25, 0.3) is 0 Å². The normalized spacial score (nSPS) is 20.8. The van der Waals surface area contributed by atoms with E-state index in [1.165, 1.54) is 17.4 Å². The number of hydrogen-bond donors (Lipinski definition) is 1. The van der Waals surface area contributed by atoms with Gasteiger partial charge in [0.2, 0.25) is 11.8 Å². The summed E-state index contributed by atoms with van der Waals surface area (Å²) >= 11 is 0. The molecule has 1 unspecified atom stereocenters. The fourth-order valence-corrected chi connectivity index (χ4v) is 5.11. The number of esters is 1. The van der Waals surface area contributed by atoms with E-state index in [1.54, 1.807) is 12.0 Å². The number of carbonyl (C=O) groups is 3. The van der Waals surface area contributed by atoms with Crippen LogP contribution in [-0.2, 0) is 36.8 Å². The molecule has 0 aromatic heterocycles. The summed E-state index contributed by atoms with van der Waals surface area (Å²) in [5.41, 5.74) is 3.90. The first kappa shape index (κ1) is 26.6. The number of aliphatic hydroxyl groups excluding tert-OH is 1. The lowest BCUT2D eigenvalue weighted by molar-refractivity contribution is -0.153. The summed E-state index contributed by atoms with van der Waals surface area (Å²) in [5.74, 6) is -0.547. The van der Waals surface area contributed by atoms with Gasteiger partial charge in [0.1, 0.15) is 0 Å². The topological polar surface area (TPSA) is 96.4 Å². The summed E-state index contributed by atoms with van der Waals surface area (Å²) in [6, 6.07) is 15.3. The third-order valence-corrected chi connectivity index (χ3v) is 7.06. The fraction of sp³-hybridized carbons (Fsp3) is 0.414. The van der Waals surface area contributed by atoms with Gasteiger partial charge < -0.3 is 19.5 Å². The molecule has 4 rings (SSSR count). The van der Waals surface area contributed by atoms with Gasteiger partial charge in [0, 0.05) is 38.6 Å². The molecule has 196 valence electrons. The van der Waals surface area contributed by atoms with Crippen molar-refractivity contribution in [3.05, 3.63) is 77.4 Å². The molecule has 2 aliphatic heterocycles. The number of methoxy groups -OCH3 is 1. The molecule has 8 nitrogen and oxygen atoms in total. The van der Waals surface area contributed by atoms with Crippen molar-refractivity contribution in [1.29, 1.82) is 0 Å². The lowest BCUT2D eigenvalue weighted by Gasteiger charge is -2.39. The number of rotatable bonds is 9. The van der Waals surface area contributed by atoms with E-state index in [2.05, 4.69) is 6.07 Å². The average Bonchev–Trinajstić information content (AvgIpc) is 2.88. The first-order valence-electron chi connectivity index (χ1n) is 12.6. The molecule has 1 N–H and O–H groups in total. The average molecular weight is 507 g/mol. The highest BCUT2D eigenvalue weighted by Gasteiger charge is 2.39. The van der Waals surface area contributed by atoms with E-state index in [-0.39, 0.29) is 49.3 Å². The van der Waals surface area contributed by atoms with E-state index < -0.39 is 12.2 Å². The number of nitrogens with zero attached hydrogens (tertiary/aromatic N) is 2. The summed E-state index contributed by atoms with van der Waals surface area (Å²) in [4.78, 5) is 39.6. The molecular formula is C29H34N2O6. The van der Waals surface area contributed by atoms with E-state index >= 15 is 0 Å². The van der Waals surface area contributed by atoms with Gasteiger partial charge in [-0.25, -0.2) is 0 Å². The van der Waals surface area contributed by atoms with Gasteiger partial charge in [0.05, 0.1) is 25.2 Å². The molecule has 4 atom stereocenters. The second kappa shape index (κ2) is 11.7. The first-order valence-corrected chi connectivity index (χ1v) is 12.6. The Balaban J connectivity index is 1.37. The van der Waals surface area contributed by atoms with Crippen LogP contribution in [0, 0.1) is 5.92 Å². The molecule has 2 aliphatic rings. The number of benzene rings is 2. The third kappa shape index (κ3) is 5.92. The highest BCUT2D eigenvalue weighted by molar-refractivity contribution is 6.00. The van der Waals surface area contributed by atoms with Crippen molar-refractivity contribution in [3.8, 4) is 0 Å². The Labute approximate surface area is 217 Å². The van der Waals surface area contributed by atoms with Gasteiger partial charge in [-0.2, -0.15) is 0 Å². The van der Waals surface area contributed by atoms with Gasteiger partial charge in [-0.1, -0.05) is 55.5 Å². The number of fused-ring (bicyclic) bond motifs is 1. The lowest BCUT2D eigenvalue weighted by Crippen LogP contribution is -2.54. The number of ether oxygens (including phenoxy) is 2. The Morgan fingerprint density at radius 3 is 2.43 bits per heavy atom. The summed E-state index contributed by atoms with van der Waals surface area (Å²) in [6.45, 7) is 3.79. The molecule has 2 aromatic carbocycles. The number of carbonyl (C=O) groups excluding carboxylic acids is 3. The van der Waals surface area contributed by atoms with Gasteiger partial charge in [-0.05, 0) is 35.2 Å². The smallest absolute Gasteiger partial charge is 0.304 e. The Morgan fingerprint density at radius 1 is 1.11 bits per heavy atom. The largest absolute Gasteiger partial charge is 0.441 e. The van der Waals surface area contributed by atoms with Crippen LogP contribution in [0.5, 0.6) is 0 Å². The first-order chi connectivity index (χ1) is 17.8. The van der Waals surface area contributed by atoms with Crippen LogP contribution in [0.25, 0.3) is 0 Å². The Hall–Kier alpha value is -3.49. The minimum absolute atomic E-state index is 0.0150.